The fourth-order valence-electron chi connectivity index (χ4n) is 19.3. The van der Waals surface area contributed by atoms with Crippen LogP contribution >= 0.6 is 0 Å². The molecule has 17 aromatic carbocycles. The highest BCUT2D eigenvalue weighted by atomic mass is 28.3. The van der Waals surface area contributed by atoms with Gasteiger partial charge < -0.3 is 0 Å². The van der Waals surface area contributed by atoms with Crippen molar-refractivity contribution in [2.45, 2.75) is 0 Å². The second kappa shape index (κ2) is 29.5. The summed E-state index contributed by atoms with van der Waals surface area (Å²) in [5.41, 5.74) is 6.44. The molecule has 7 heteroatoms. The van der Waals surface area contributed by atoms with Gasteiger partial charge in [-0.3, -0.25) is 9.13 Å². The molecule has 0 aliphatic rings. The molecule has 0 fully saturated rings. The first kappa shape index (κ1) is 69.5. The number of nitrogens with zero attached hydrogens (tertiary/aromatic N) is 3. The van der Waals surface area contributed by atoms with Crippen molar-refractivity contribution < 1.29 is 0 Å². The van der Waals surface area contributed by atoms with E-state index >= 15 is 0 Å². The fourth-order valence-corrected chi connectivity index (χ4v) is 38.3. The van der Waals surface area contributed by atoms with Crippen molar-refractivity contribution in [2.75, 3.05) is 0 Å². The Morgan fingerprint density at radius 2 is 0.298 bits per heavy atom. The van der Waals surface area contributed by atoms with Gasteiger partial charge in [0.05, 0.1) is 22.1 Å². The third-order valence-electron chi connectivity index (χ3n) is 24.1. The molecule has 0 spiro atoms. The molecule has 0 aliphatic carbocycles. The average molecular weight is 1520 g/mol. The first-order valence-electron chi connectivity index (χ1n) is 39.5. The maximum Gasteiger partial charge on any atom is 0.179 e. The summed E-state index contributed by atoms with van der Waals surface area (Å²) in [7, 11) is -12.4. The van der Waals surface area contributed by atoms with Crippen LogP contribution in [0, 0.1) is 0 Å². The number of benzene rings is 17. The number of hydrogen-bond donors (Lipinski definition) is 0. The minimum absolute atomic E-state index is 0.817. The van der Waals surface area contributed by atoms with E-state index in [2.05, 4.69) is 488 Å². The van der Waals surface area contributed by atoms with Crippen molar-refractivity contribution in [3.8, 4) is 22.8 Å². The standard InChI is InChI=1S/C107H79N3Si4/c1-14-40-80(41-15-1)81-74-106(109-102-70-66-94(111(82-42-16-2-17-43-82,83-44-18-3-19-45-83)84-46-20-4-21-47-84)76-98(102)99-77-95(67-71-103(99)109)112(85-48-22-5-23-49-85,86-50-24-6-25-51-86)87-52-26-7-27-53-87)108-107(75-81)110-104-72-68-96(113(88-54-28-8-29-55-88,89-56-30-9-31-57-89)90-58-32-10-33-59-90)78-100(104)101-79-97(69-73-105(101)110)114(91-60-34-11-35-61-91,92-62-36-12-37-63-92)93-64-38-13-39-65-93/h1-79H. The molecule has 0 radical (unpaired) electrons. The molecule has 3 nitrogen and oxygen atoms in total. The molecule has 538 valence electrons. The average Bonchev–Trinajstić information content (AvgIpc) is 1.48. The van der Waals surface area contributed by atoms with Crippen LogP contribution in [0.4, 0.5) is 0 Å². The Morgan fingerprint density at radius 1 is 0.140 bits per heavy atom. The summed E-state index contributed by atoms with van der Waals surface area (Å²) in [6.45, 7) is 0. The molecule has 114 heavy (non-hydrogen) atoms. The Morgan fingerprint density at radius 3 is 0.465 bits per heavy atom. The molecule has 20 rings (SSSR count). The van der Waals surface area contributed by atoms with Crippen LogP contribution < -0.4 is 83.0 Å². The van der Waals surface area contributed by atoms with E-state index in [1.54, 1.807) is 0 Å². The molecule has 3 aromatic heterocycles. The normalized spacial score (nSPS) is 12.0. The summed E-state index contributed by atoms with van der Waals surface area (Å²) in [4.78, 5) is 6.26. The Kier molecular flexibility index (Phi) is 18.0. The van der Waals surface area contributed by atoms with E-state index in [1.807, 2.05) is 0 Å². The number of pyridine rings is 1. The largest absolute Gasteiger partial charge is 0.294 e. The summed E-state index contributed by atoms with van der Waals surface area (Å²) in [5.74, 6) is 1.63. The summed E-state index contributed by atoms with van der Waals surface area (Å²) in [6.07, 6.45) is 0. The second-order valence-corrected chi connectivity index (χ2v) is 45.2. The predicted octanol–water partition coefficient (Wildman–Crippen LogP) is 14.5. The van der Waals surface area contributed by atoms with Gasteiger partial charge in [-0.2, -0.15) is 0 Å². The van der Waals surface area contributed by atoms with Gasteiger partial charge in [0.2, 0.25) is 0 Å². The molecule has 20 aromatic rings. The highest BCUT2D eigenvalue weighted by Gasteiger charge is 2.46. The molecule has 0 unspecified atom stereocenters. The summed E-state index contributed by atoms with van der Waals surface area (Å²) in [5, 5.41) is 25.7. The van der Waals surface area contributed by atoms with Crippen molar-refractivity contribution in [3.05, 3.63) is 479 Å². The lowest BCUT2D eigenvalue weighted by Crippen LogP contribution is -2.74. The first-order valence-corrected chi connectivity index (χ1v) is 47.5. The lowest BCUT2D eigenvalue weighted by molar-refractivity contribution is 1.01. The molecule has 0 N–H and O–H groups in total. The van der Waals surface area contributed by atoms with Gasteiger partial charge in [-0.1, -0.05) is 443 Å². The van der Waals surface area contributed by atoms with E-state index in [-0.39, 0.29) is 0 Å². The van der Waals surface area contributed by atoms with Crippen LogP contribution in [0.2, 0.25) is 0 Å². The number of rotatable bonds is 19. The summed E-state index contributed by atoms with van der Waals surface area (Å²) >= 11 is 0. The number of aromatic nitrogens is 3. The van der Waals surface area contributed by atoms with Gasteiger partial charge in [0.15, 0.2) is 32.3 Å². The SMILES string of the molecule is c1ccc(-c2cc(-n3c4ccc([Si](c5ccccc5)(c5ccccc5)c5ccccc5)cc4c4cc([Si](c5ccccc5)(c5ccccc5)c5ccccc5)ccc43)nc(-n3c4ccc([Si](c5ccccc5)(c5ccccc5)c5ccccc5)cc4c4cc([Si](c5ccccc5)(c5ccccc5)c5ccccc5)ccc43)c2)cc1. The van der Waals surface area contributed by atoms with Crippen molar-refractivity contribution >= 4 is 159 Å². The van der Waals surface area contributed by atoms with Crippen LogP contribution in [0.15, 0.2) is 479 Å². The molecule has 0 saturated heterocycles. The highest BCUT2D eigenvalue weighted by Crippen LogP contribution is 2.38. The number of fused-ring (bicyclic) bond motifs is 6. The Balaban J connectivity index is 0.911. The van der Waals surface area contributed by atoms with E-state index in [0.29, 0.717) is 0 Å². The predicted molar refractivity (Wildman–Crippen MR) is 493 cm³/mol. The van der Waals surface area contributed by atoms with Gasteiger partial charge in [-0.05, 0) is 131 Å². The van der Waals surface area contributed by atoms with Gasteiger partial charge in [-0.15, -0.1) is 0 Å². The van der Waals surface area contributed by atoms with Crippen LogP contribution in [0.3, 0.4) is 0 Å². The number of hydrogen-bond acceptors (Lipinski definition) is 1. The zero-order valence-corrected chi connectivity index (χ0v) is 67.0. The van der Waals surface area contributed by atoms with Crippen LogP contribution in [0.25, 0.3) is 66.4 Å². The molecular weight excluding hydrogens is 1440 g/mol. The smallest absolute Gasteiger partial charge is 0.179 e. The van der Waals surface area contributed by atoms with E-state index in [4.69, 9.17) is 4.98 Å². The van der Waals surface area contributed by atoms with Gasteiger partial charge in [-0.25, -0.2) is 4.98 Å². The van der Waals surface area contributed by atoms with E-state index in [9.17, 15) is 0 Å². The maximum atomic E-state index is 6.26. The monoisotopic (exact) mass is 1520 g/mol. The van der Waals surface area contributed by atoms with E-state index < -0.39 is 32.3 Å². The minimum atomic E-state index is -3.10. The Labute approximate surface area is 670 Å². The third kappa shape index (κ3) is 11.4. The van der Waals surface area contributed by atoms with Crippen molar-refractivity contribution in [2.24, 2.45) is 0 Å². The first-order chi connectivity index (χ1) is 56.5. The minimum Gasteiger partial charge on any atom is -0.294 e. The maximum absolute atomic E-state index is 6.26. The molecule has 0 aliphatic heterocycles. The van der Waals surface area contributed by atoms with E-state index in [1.165, 1.54) is 83.0 Å². The fraction of sp³-hybridized carbons (Fsp3) is 0. The zero-order chi connectivity index (χ0) is 75.9. The summed E-state index contributed by atoms with van der Waals surface area (Å²) < 4.78 is 4.98. The quantitative estimate of drug-likeness (QED) is 0.0584. The molecule has 0 saturated carbocycles. The van der Waals surface area contributed by atoms with Crippen LogP contribution in [-0.4, -0.2) is 46.4 Å². The molecule has 0 bridgehead atoms. The van der Waals surface area contributed by atoms with E-state index in [0.717, 1.165) is 66.4 Å². The molecule has 0 amide bonds. The van der Waals surface area contributed by atoms with Gasteiger partial charge in [0.25, 0.3) is 0 Å². The topological polar surface area (TPSA) is 22.8 Å². The molecule has 3 heterocycles. The van der Waals surface area contributed by atoms with Crippen LogP contribution in [0.1, 0.15) is 0 Å². The third-order valence-corrected chi connectivity index (χ3v) is 43.2. The summed E-state index contributed by atoms with van der Waals surface area (Å²) in [6, 6.07) is 182. The molecular formula is C107H79N3Si4. The highest BCUT2D eigenvalue weighted by molar-refractivity contribution is 7.22. The van der Waals surface area contributed by atoms with Crippen molar-refractivity contribution in [1.82, 2.24) is 14.1 Å². The van der Waals surface area contributed by atoms with Gasteiger partial charge in [0.1, 0.15) is 11.6 Å². The Bertz CT molecular complexity index is 5640. The molecule has 0 atom stereocenters. The van der Waals surface area contributed by atoms with Crippen molar-refractivity contribution in [1.29, 1.82) is 0 Å². The van der Waals surface area contributed by atoms with Crippen LogP contribution in [-0.2, 0) is 0 Å². The Hall–Kier alpha value is -13.6. The lowest BCUT2D eigenvalue weighted by atomic mass is 10.1. The van der Waals surface area contributed by atoms with Gasteiger partial charge >= 0.3 is 0 Å². The second-order valence-electron chi connectivity index (χ2n) is 29.9. The lowest BCUT2D eigenvalue weighted by Gasteiger charge is -2.34. The zero-order valence-electron chi connectivity index (χ0n) is 63.0. The van der Waals surface area contributed by atoms with Gasteiger partial charge in [0, 0.05) is 21.5 Å². The van der Waals surface area contributed by atoms with Crippen LogP contribution in [0.5, 0.6) is 0 Å². The van der Waals surface area contributed by atoms with Crippen molar-refractivity contribution in [3.63, 3.8) is 0 Å².